The van der Waals surface area contributed by atoms with Crippen molar-refractivity contribution < 1.29 is 0 Å². The van der Waals surface area contributed by atoms with E-state index in [1.165, 1.54) is 97.3 Å². The van der Waals surface area contributed by atoms with Crippen LogP contribution in [0.3, 0.4) is 0 Å². The van der Waals surface area contributed by atoms with Crippen LogP contribution >= 0.6 is 11.3 Å². The van der Waals surface area contributed by atoms with Crippen LogP contribution in [-0.2, 0) is 0 Å². The molecule has 0 amide bonds. The highest BCUT2D eigenvalue weighted by Gasteiger charge is 2.25. The van der Waals surface area contributed by atoms with Crippen LogP contribution < -0.4 is 0 Å². The van der Waals surface area contributed by atoms with Gasteiger partial charge in [-0.15, -0.1) is 11.3 Å². The summed E-state index contributed by atoms with van der Waals surface area (Å²) in [4.78, 5) is 5.11. The van der Waals surface area contributed by atoms with Gasteiger partial charge in [0.05, 0.1) is 16.7 Å². The first kappa shape index (κ1) is 29.7. The van der Waals surface area contributed by atoms with Crippen LogP contribution in [0.4, 0.5) is 0 Å². The van der Waals surface area contributed by atoms with E-state index in [0.29, 0.717) is 0 Å². The van der Waals surface area contributed by atoms with Crippen LogP contribution in [0.15, 0.2) is 182 Å². The van der Waals surface area contributed by atoms with Crippen LogP contribution in [0, 0.1) is 0 Å². The van der Waals surface area contributed by atoms with Gasteiger partial charge >= 0.3 is 0 Å². The summed E-state index contributed by atoms with van der Waals surface area (Å²) >= 11 is 1.86. The third kappa shape index (κ3) is 4.30. The second-order valence-electron chi connectivity index (χ2n) is 14.3. The number of fused-ring (bicyclic) bond motifs is 9. The van der Waals surface area contributed by atoms with Gasteiger partial charge in [0.15, 0.2) is 0 Å². The van der Waals surface area contributed by atoms with Crippen molar-refractivity contribution in [1.82, 2.24) is 9.55 Å². The molecule has 3 heterocycles. The third-order valence-electron chi connectivity index (χ3n) is 11.4. The highest BCUT2D eigenvalue weighted by molar-refractivity contribution is 7.25. The molecule has 1 aliphatic carbocycles. The first-order valence-electron chi connectivity index (χ1n) is 18.4. The van der Waals surface area contributed by atoms with E-state index in [2.05, 4.69) is 180 Å². The number of thiophene rings is 1. The molecule has 54 heavy (non-hydrogen) atoms. The van der Waals surface area contributed by atoms with Crippen molar-refractivity contribution in [2.75, 3.05) is 0 Å². The van der Waals surface area contributed by atoms with E-state index >= 15 is 0 Å². The largest absolute Gasteiger partial charge is 0.309 e. The number of para-hydroxylation sites is 1. The summed E-state index contributed by atoms with van der Waals surface area (Å²) in [5.74, 6) is 0. The lowest BCUT2D eigenvalue weighted by Gasteiger charge is -2.12. The van der Waals surface area contributed by atoms with Gasteiger partial charge < -0.3 is 4.57 Å². The maximum Gasteiger partial charge on any atom is 0.0787 e. The Morgan fingerprint density at radius 1 is 0.407 bits per heavy atom. The Balaban J connectivity index is 1.04. The molecule has 0 spiro atoms. The van der Waals surface area contributed by atoms with E-state index in [1.807, 2.05) is 17.5 Å². The van der Waals surface area contributed by atoms with Gasteiger partial charge in [0, 0.05) is 64.7 Å². The minimum absolute atomic E-state index is 1.03. The zero-order valence-electron chi connectivity index (χ0n) is 29.1. The number of benzene rings is 8. The molecule has 2 nitrogen and oxygen atoms in total. The molecule has 0 bridgehead atoms. The molecule has 0 fully saturated rings. The topological polar surface area (TPSA) is 17.8 Å². The van der Waals surface area contributed by atoms with Crippen molar-refractivity contribution in [3.05, 3.63) is 182 Å². The maximum atomic E-state index is 5.11. The molecule has 0 aliphatic heterocycles. The lowest BCUT2D eigenvalue weighted by molar-refractivity contribution is 1.18. The Bertz CT molecular complexity index is 3330. The van der Waals surface area contributed by atoms with E-state index < -0.39 is 0 Å². The first-order valence-corrected chi connectivity index (χ1v) is 19.3. The van der Waals surface area contributed by atoms with Gasteiger partial charge in [0.1, 0.15) is 0 Å². The minimum atomic E-state index is 1.03. The summed E-state index contributed by atoms with van der Waals surface area (Å²) < 4.78 is 5.06. The maximum absolute atomic E-state index is 5.11. The fourth-order valence-electron chi connectivity index (χ4n) is 8.90. The molecule has 0 unspecified atom stereocenters. The summed E-state index contributed by atoms with van der Waals surface area (Å²) in [7, 11) is 0. The van der Waals surface area contributed by atoms with Crippen molar-refractivity contribution in [2.24, 2.45) is 0 Å². The van der Waals surface area contributed by atoms with Crippen LogP contribution in [0.5, 0.6) is 0 Å². The predicted octanol–water partition coefficient (Wildman–Crippen LogP) is 14.3. The van der Waals surface area contributed by atoms with Gasteiger partial charge in [-0.3, -0.25) is 4.98 Å². The minimum Gasteiger partial charge on any atom is -0.309 e. The normalized spacial score (nSPS) is 12.1. The van der Waals surface area contributed by atoms with Crippen LogP contribution in [0.25, 0.3) is 114 Å². The summed E-state index contributed by atoms with van der Waals surface area (Å²) in [6.45, 7) is 0. The number of aromatic nitrogens is 2. The van der Waals surface area contributed by atoms with E-state index in [4.69, 9.17) is 4.98 Å². The lowest BCUT2D eigenvalue weighted by atomic mass is 9.95. The Labute approximate surface area is 315 Å². The highest BCUT2D eigenvalue weighted by Crippen LogP contribution is 2.50. The van der Waals surface area contributed by atoms with Crippen LogP contribution in [-0.4, -0.2) is 9.55 Å². The second-order valence-corrected chi connectivity index (χ2v) is 15.4. The average Bonchev–Trinajstić information content (AvgIpc) is 3.89. The predicted molar refractivity (Wildman–Crippen MR) is 230 cm³/mol. The summed E-state index contributed by atoms with van der Waals surface area (Å²) in [5, 5.41) is 7.61. The Morgan fingerprint density at radius 3 is 1.83 bits per heavy atom. The van der Waals surface area contributed by atoms with Gasteiger partial charge in [-0.2, -0.15) is 0 Å². The standard InChI is InChI=1S/C51H30N2S/c1-2-13-37(14-3-1)53-45-23-20-32(27-42(45)43-28-33(21-24-46(43)53)34-22-25-48-44(29-34)39-16-6-7-19-47(39)54-48)31-10-8-11-35(26-31)51-50-41-17-5-4-15-38(41)40-18-9-12-36(30-52-51)49(40)50/h1-30H. The SMILES string of the molecule is c1ccc(-n2c3ccc(-c4cccc(-c5ncc6cccc7c6c5-c5ccccc5-7)c4)cc3c3cc(-c4ccc5sc6ccccc6c5c4)ccc32)cc1. The Hall–Kier alpha value is -6.81. The molecule has 0 N–H and O–H groups in total. The molecule has 250 valence electrons. The van der Waals surface area contributed by atoms with E-state index in [0.717, 1.165) is 16.9 Å². The number of rotatable bonds is 4. The monoisotopic (exact) mass is 702 g/mol. The molecule has 11 aromatic rings. The Morgan fingerprint density at radius 2 is 1.02 bits per heavy atom. The van der Waals surface area contributed by atoms with Gasteiger partial charge in [-0.1, -0.05) is 115 Å². The number of hydrogen-bond donors (Lipinski definition) is 0. The molecule has 0 radical (unpaired) electrons. The first-order chi connectivity index (χ1) is 26.8. The van der Waals surface area contributed by atoms with Crippen molar-refractivity contribution in [3.63, 3.8) is 0 Å². The van der Waals surface area contributed by atoms with E-state index in [-0.39, 0.29) is 0 Å². The quantitative estimate of drug-likeness (QED) is 0.179. The molecule has 8 aromatic carbocycles. The number of hydrogen-bond acceptors (Lipinski definition) is 2. The molecular formula is C51H30N2S. The number of nitrogens with zero attached hydrogens (tertiary/aromatic N) is 2. The smallest absolute Gasteiger partial charge is 0.0787 e. The molecular weight excluding hydrogens is 673 g/mol. The fraction of sp³-hybridized carbons (Fsp3) is 0. The molecule has 0 saturated heterocycles. The summed E-state index contributed by atoms with van der Waals surface area (Å²) in [6.07, 6.45) is 2.04. The molecule has 3 heteroatoms. The van der Waals surface area contributed by atoms with E-state index in [1.54, 1.807) is 0 Å². The van der Waals surface area contributed by atoms with Gasteiger partial charge in [-0.05, 0) is 99.6 Å². The van der Waals surface area contributed by atoms with Crippen LogP contribution in [0.1, 0.15) is 0 Å². The molecule has 1 aliphatic rings. The second kappa shape index (κ2) is 11.3. The van der Waals surface area contributed by atoms with Gasteiger partial charge in [-0.25, -0.2) is 0 Å². The van der Waals surface area contributed by atoms with Gasteiger partial charge in [0.25, 0.3) is 0 Å². The molecule has 3 aromatic heterocycles. The van der Waals surface area contributed by atoms with Crippen molar-refractivity contribution >= 4 is 64.1 Å². The zero-order valence-corrected chi connectivity index (χ0v) is 29.9. The third-order valence-corrected chi connectivity index (χ3v) is 12.5. The fourth-order valence-corrected chi connectivity index (χ4v) is 9.99. The highest BCUT2D eigenvalue weighted by atomic mass is 32.1. The molecule has 0 atom stereocenters. The lowest BCUT2D eigenvalue weighted by Crippen LogP contribution is -1.93. The average molecular weight is 703 g/mol. The Kier molecular flexibility index (Phi) is 6.25. The molecule has 12 rings (SSSR count). The van der Waals surface area contributed by atoms with Crippen molar-refractivity contribution in [2.45, 2.75) is 0 Å². The number of pyridine rings is 1. The van der Waals surface area contributed by atoms with Gasteiger partial charge in [0.2, 0.25) is 0 Å². The summed E-state index contributed by atoms with van der Waals surface area (Å²) in [6, 6.07) is 64.6. The van der Waals surface area contributed by atoms with Crippen LogP contribution in [0.2, 0.25) is 0 Å². The van der Waals surface area contributed by atoms with Crippen molar-refractivity contribution in [1.29, 1.82) is 0 Å². The molecule has 0 saturated carbocycles. The zero-order chi connectivity index (χ0) is 35.3. The van der Waals surface area contributed by atoms with Crippen molar-refractivity contribution in [3.8, 4) is 61.5 Å². The summed E-state index contributed by atoms with van der Waals surface area (Å²) in [5.41, 5.74) is 15.6. The van der Waals surface area contributed by atoms with E-state index in [9.17, 15) is 0 Å².